The van der Waals surface area contributed by atoms with Gasteiger partial charge in [0.1, 0.15) is 11.8 Å². The Morgan fingerprint density at radius 1 is 1.06 bits per heavy atom. The number of hydrogen-bond donors (Lipinski definition) is 0. The van der Waals surface area contributed by atoms with E-state index in [1.807, 2.05) is 28.8 Å². The molecule has 168 valence electrons. The topological polar surface area (TPSA) is 101 Å². The lowest BCUT2D eigenvalue weighted by atomic mass is 10.1. The van der Waals surface area contributed by atoms with Gasteiger partial charge in [-0.25, -0.2) is 9.78 Å². The molecule has 3 aromatic rings. The van der Waals surface area contributed by atoms with E-state index in [9.17, 15) is 14.9 Å². The number of nitrogens with zero attached hydrogens (tertiary/aromatic N) is 7. The average Bonchev–Trinajstić information content (AvgIpc) is 3.26. The number of fused-ring (bicyclic) bond motifs is 1. The molecule has 0 spiro atoms. The first-order chi connectivity index (χ1) is 15.4. The zero-order chi connectivity index (χ0) is 22.8. The lowest BCUT2D eigenvalue weighted by molar-refractivity contribution is 0.112. The Morgan fingerprint density at radius 3 is 2.38 bits per heavy atom. The minimum Gasteiger partial charge on any atom is -0.497 e. The van der Waals surface area contributed by atoms with Gasteiger partial charge in [0.05, 0.1) is 19.5 Å². The van der Waals surface area contributed by atoms with Gasteiger partial charge in [0.2, 0.25) is 0 Å². The Bertz CT molecular complexity index is 1260. The maximum atomic E-state index is 12.6. The number of ether oxygens (including phenoxy) is 1. The molecular weight excluding hydrogens is 410 g/mol. The van der Waals surface area contributed by atoms with E-state index < -0.39 is 0 Å². The van der Waals surface area contributed by atoms with Crippen LogP contribution in [0.1, 0.15) is 11.6 Å². The van der Waals surface area contributed by atoms with Crippen molar-refractivity contribution in [2.75, 3.05) is 39.8 Å². The van der Waals surface area contributed by atoms with Crippen molar-refractivity contribution in [2.45, 2.75) is 12.6 Å². The maximum absolute atomic E-state index is 12.6. The van der Waals surface area contributed by atoms with Crippen LogP contribution in [0.3, 0.4) is 0 Å². The summed E-state index contributed by atoms with van der Waals surface area (Å²) >= 11 is 0. The third-order valence-electron chi connectivity index (χ3n) is 6.20. The van der Waals surface area contributed by atoms with Crippen LogP contribution in [-0.4, -0.2) is 68.3 Å². The van der Waals surface area contributed by atoms with Crippen LogP contribution in [0.5, 0.6) is 5.75 Å². The van der Waals surface area contributed by atoms with Crippen LogP contribution in [0.25, 0.3) is 11.2 Å². The summed E-state index contributed by atoms with van der Waals surface area (Å²) in [5, 5.41) is 9.74. The molecule has 32 heavy (non-hydrogen) atoms. The summed E-state index contributed by atoms with van der Waals surface area (Å²) in [4.78, 5) is 33.5. The molecule has 1 fully saturated rings. The molecule has 3 heterocycles. The molecule has 10 nitrogen and oxygen atoms in total. The van der Waals surface area contributed by atoms with E-state index in [0.29, 0.717) is 17.7 Å². The molecule has 10 heteroatoms. The predicted molar refractivity (Wildman–Crippen MR) is 120 cm³/mol. The molecule has 0 radical (unpaired) electrons. The van der Waals surface area contributed by atoms with E-state index in [1.165, 1.54) is 11.6 Å². The molecule has 1 aliphatic heterocycles. The van der Waals surface area contributed by atoms with E-state index in [0.717, 1.165) is 48.6 Å². The number of hydrogen-bond acceptors (Lipinski definition) is 7. The van der Waals surface area contributed by atoms with Crippen molar-refractivity contribution in [3.8, 4) is 11.8 Å². The van der Waals surface area contributed by atoms with E-state index in [4.69, 9.17) is 4.74 Å². The number of aryl methyl sites for hydroxylation is 1. The van der Waals surface area contributed by atoms with Crippen molar-refractivity contribution in [3.63, 3.8) is 0 Å². The van der Waals surface area contributed by atoms with E-state index >= 15 is 0 Å². The van der Waals surface area contributed by atoms with Gasteiger partial charge in [0.15, 0.2) is 11.2 Å². The van der Waals surface area contributed by atoms with Gasteiger partial charge in [-0.3, -0.25) is 23.7 Å². The van der Waals surface area contributed by atoms with E-state index in [1.54, 1.807) is 20.5 Å². The van der Waals surface area contributed by atoms with Crippen LogP contribution < -0.4 is 16.0 Å². The fourth-order valence-corrected chi connectivity index (χ4v) is 4.21. The SMILES string of the molecule is COc1ccc([C@@H](C#N)N2CCN(CCn3cnc4c3c(=O)n(C)c(=O)n4C)CC2)cc1. The molecule has 0 saturated carbocycles. The largest absolute Gasteiger partial charge is 0.497 e. The highest BCUT2D eigenvalue weighted by Gasteiger charge is 2.25. The fraction of sp³-hybridized carbons (Fsp3) is 0.455. The second-order valence-corrected chi connectivity index (χ2v) is 8.00. The van der Waals surface area contributed by atoms with Gasteiger partial charge in [-0.2, -0.15) is 5.26 Å². The Morgan fingerprint density at radius 2 is 1.75 bits per heavy atom. The predicted octanol–water partition coefficient (Wildman–Crippen LogP) is 0.325. The van der Waals surface area contributed by atoms with Gasteiger partial charge < -0.3 is 9.30 Å². The lowest BCUT2D eigenvalue weighted by Gasteiger charge is -2.37. The maximum Gasteiger partial charge on any atom is 0.332 e. The van der Waals surface area contributed by atoms with Crippen LogP contribution in [0, 0.1) is 11.3 Å². The third-order valence-corrected chi connectivity index (χ3v) is 6.20. The number of imidazole rings is 1. The number of piperazine rings is 1. The zero-order valence-corrected chi connectivity index (χ0v) is 18.6. The van der Waals surface area contributed by atoms with Crippen molar-refractivity contribution >= 4 is 11.2 Å². The van der Waals surface area contributed by atoms with Crippen molar-refractivity contribution < 1.29 is 4.74 Å². The first kappa shape index (κ1) is 21.8. The summed E-state index contributed by atoms with van der Waals surface area (Å²) in [7, 11) is 4.73. The van der Waals surface area contributed by atoms with Crippen molar-refractivity contribution in [1.82, 2.24) is 28.5 Å². The molecule has 1 saturated heterocycles. The number of methoxy groups -OCH3 is 1. The van der Waals surface area contributed by atoms with Crippen molar-refractivity contribution in [3.05, 3.63) is 57.0 Å². The highest BCUT2D eigenvalue weighted by Crippen LogP contribution is 2.23. The molecule has 4 rings (SSSR count). The van der Waals surface area contributed by atoms with E-state index in [2.05, 4.69) is 20.9 Å². The van der Waals surface area contributed by atoms with Gasteiger partial charge in [0.25, 0.3) is 5.56 Å². The number of rotatable bonds is 6. The molecule has 1 atom stereocenters. The molecule has 0 aliphatic carbocycles. The molecule has 0 N–H and O–H groups in total. The third kappa shape index (κ3) is 3.92. The summed E-state index contributed by atoms with van der Waals surface area (Å²) in [5.74, 6) is 0.775. The lowest BCUT2D eigenvalue weighted by Crippen LogP contribution is -2.48. The highest BCUT2D eigenvalue weighted by molar-refractivity contribution is 5.69. The molecule has 1 aromatic carbocycles. The summed E-state index contributed by atoms with van der Waals surface area (Å²) in [6.07, 6.45) is 1.62. The summed E-state index contributed by atoms with van der Waals surface area (Å²) in [5.41, 5.74) is 1.10. The van der Waals surface area contributed by atoms with Gasteiger partial charge in [0, 0.05) is 53.4 Å². The standard InChI is InChI=1S/C22H27N7O3/c1-25-20-19(21(30)26(2)22(25)31)29(15-24-20)13-10-27-8-11-28(12-9-27)18(14-23)16-4-6-17(32-3)7-5-16/h4-7,15,18H,8-13H2,1-3H3/t18-/m1/s1. The first-order valence-electron chi connectivity index (χ1n) is 10.6. The fourth-order valence-electron chi connectivity index (χ4n) is 4.21. The van der Waals surface area contributed by atoms with Gasteiger partial charge in [-0.1, -0.05) is 12.1 Å². The van der Waals surface area contributed by atoms with Crippen LogP contribution >= 0.6 is 0 Å². The Labute approximate surface area is 185 Å². The quantitative estimate of drug-likeness (QED) is 0.548. The smallest absolute Gasteiger partial charge is 0.332 e. The second-order valence-electron chi connectivity index (χ2n) is 8.00. The molecule has 0 unspecified atom stereocenters. The van der Waals surface area contributed by atoms with Crippen LogP contribution in [0.4, 0.5) is 0 Å². The highest BCUT2D eigenvalue weighted by atomic mass is 16.5. The Kier molecular flexibility index (Phi) is 6.12. The number of benzene rings is 1. The summed E-state index contributed by atoms with van der Waals surface area (Å²) in [6, 6.07) is 9.78. The van der Waals surface area contributed by atoms with Gasteiger partial charge in [-0.15, -0.1) is 0 Å². The first-order valence-corrected chi connectivity index (χ1v) is 10.6. The second kappa shape index (κ2) is 8.98. The van der Waals surface area contributed by atoms with Crippen LogP contribution in [0.15, 0.2) is 40.2 Å². The summed E-state index contributed by atoms with van der Waals surface area (Å²) < 4.78 is 9.53. The van der Waals surface area contributed by atoms with E-state index in [-0.39, 0.29) is 17.3 Å². The monoisotopic (exact) mass is 437 g/mol. The molecule has 0 amide bonds. The minimum absolute atomic E-state index is 0.287. The minimum atomic E-state index is -0.382. The Balaban J connectivity index is 1.40. The number of aromatic nitrogens is 4. The Hall–Kier alpha value is -3.42. The summed E-state index contributed by atoms with van der Waals surface area (Å²) in [6.45, 7) is 4.58. The molecule has 2 aromatic heterocycles. The van der Waals surface area contributed by atoms with Crippen LogP contribution in [0.2, 0.25) is 0 Å². The molecule has 1 aliphatic rings. The number of nitriles is 1. The molecular formula is C22H27N7O3. The average molecular weight is 438 g/mol. The zero-order valence-electron chi connectivity index (χ0n) is 18.6. The normalized spacial score (nSPS) is 16.2. The van der Waals surface area contributed by atoms with Gasteiger partial charge in [-0.05, 0) is 17.7 Å². The van der Waals surface area contributed by atoms with Crippen molar-refractivity contribution in [2.24, 2.45) is 14.1 Å². The molecule has 0 bridgehead atoms. The van der Waals surface area contributed by atoms with Gasteiger partial charge >= 0.3 is 5.69 Å². The van der Waals surface area contributed by atoms with Crippen molar-refractivity contribution in [1.29, 1.82) is 5.26 Å². The van der Waals surface area contributed by atoms with Crippen LogP contribution in [-0.2, 0) is 20.6 Å².